The number of rotatable bonds is 2. The van der Waals surface area contributed by atoms with Crippen molar-refractivity contribution in [1.29, 1.82) is 0 Å². The van der Waals surface area contributed by atoms with Crippen molar-refractivity contribution in [3.63, 3.8) is 0 Å². The molecule has 0 aliphatic carbocycles. The van der Waals surface area contributed by atoms with Gasteiger partial charge >= 0.3 is 0 Å². The highest BCUT2D eigenvalue weighted by Gasteiger charge is 2.16. The number of aromatic nitrogens is 2. The first kappa shape index (κ1) is 12.0. The Morgan fingerprint density at radius 2 is 2.39 bits per heavy atom. The predicted octanol–water partition coefficient (Wildman–Crippen LogP) is 2.01. The number of fused-ring (bicyclic) bond motifs is 1. The fourth-order valence-corrected chi connectivity index (χ4v) is 2.65. The first-order valence-corrected chi connectivity index (χ1v) is 6.68. The number of nitrogens with zero attached hydrogens (tertiary/aromatic N) is 2. The maximum absolute atomic E-state index is 5.97. The molecule has 2 aromatic rings. The van der Waals surface area contributed by atoms with E-state index in [1.807, 2.05) is 18.2 Å². The SMILES string of the molecule is C[C@H]1CN(Cc2nc3ccc(Cl)cc3[nH]2)CCN1. The molecule has 1 atom stereocenters. The zero-order valence-electron chi connectivity index (χ0n) is 10.4. The number of benzene rings is 1. The van der Waals surface area contributed by atoms with Gasteiger partial charge in [0.05, 0.1) is 17.6 Å². The first-order chi connectivity index (χ1) is 8.70. The minimum atomic E-state index is 0.553. The Labute approximate surface area is 111 Å². The predicted molar refractivity (Wildman–Crippen MR) is 73.8 cm³/mol. The van der Waals surface area contributed by atoms with Crippen molar-refractivity contribution in [3.05, 3.63) is 29.0 Å². The molecule has 1 aliphatic heterocycles. The average Bonchev–Trinajstić information content (AvgIpc) is 2.70. The quantitative estimate of drug-likeness (QED) is 0.872. The van der Waals surface area contributed by atoms with Gasteiger partial charge in [-0.1, -0.05) is 11.6 Å². The van der Waals surface area contributed by atoms with E-state index in [0.717, 1.165) is 48.1 Å². The number of H-pyrrole nitrogens is 1. The van der Waals surface area contributed by atoms with Gasteiger partial charge < -0.3 is 10.3 Å². The fraction of sp³-hybridized carbons (Fsp3) is 0.462. The molecule has 3 rings (SSSR count). The highest BCUT2D eigenvalue weighted by atomic mass is 35.5. The molecule has 1 fully saturated rings. The van der Waals surface area contributed by atoms with Crippen LogP contribution in [0.15, 0.2) is 18.2 Å². The van der Waals surface area contributed by atoms with Crippen molar-refractivity contribution in [2.24, 2.45) is 0 Å². The minimum absolute atomic E-state index is 0.553. The Bertz CT molecular complexity index is 551. The molecule has 0 amide bonds. The zero-order valence-corrected chi connectivity index (χ0v) is 11.2. The lowest BCUT2D eigenvalue weighted by atomic mass is 10.2. The van der Waals surface area contributed by atoms with E-state index in [4.69, 9.17) is 11.6 Å². The summed E-state index contributed by atoms with van der Waals surface area (Å²) in [5.41, 5.74) is 2.00. The van der Waals surface area contributed by atoms with Gasteiger partial charge in [-0.3, -0.25) is 4.90 Å². The summed E-state index contributed by atoms with van der Waals surface area (Å²) in [6.07, 6.45) is 0. The number of hydrogen-bond acceptors (Lipinski definition) is 3. The van der Waals surface area contributed by atoms with E-state index >= 15 is 0 Å². The average molecular weight is 265 g/mol. The van der Waals surface area contributed by atoms with Crippen LogP contribution in [0.25, 0.3) is 11.0 Å². The van der Waals surface area contributed by atoms with Gasteiger partial charge in [-0.25, -0.2) is 4.98 Å². The van der Waals surface area contributed by atoms with Gasteiger partial charge in [0.1, 0.15) is 5.82 Å². The normalized spacial score (nSPS) is 21.6. The van der Waals surface area contributed by atoms with Crippen LogP contribution in [0.4, 0.5) is 0 Å². The molecule has 1 aromatic carbocycles. The second kappa shape index (κ2) is 4.88. The molecule has 0 unspecified atom stereocenters. The number of imidazole rings is 1. The van der Waals surface area contributed by atoms with E-state index in [1.165, 1.54) is 0 Å². The van der Waals surface area contributed by atoms with Gasteiger partial charge in [-0.15, -0.1) is 0 Å². The van der Waals surface area contributed by atoms with Crippen LogP contribution >= 0.6 is 11.6 Å². The van der Waals surface area contributed by atoms with Crippen LogP contribution in [0, 0.1) is 0 Å². The lowest BCUT2D eigenvalue weighted by Gasteiger charge is -2.31. The van der Waals surface area contributed by atoms with Crippen LogP contribution < -0.4 is 5.32 Å². The van der Waals surface area contributed by atoms with E-state index in [2.05, 4.69) is 27.1 Å². The lowest BCUT2D eigenvalue weighted by Crippen LogP contribution is -2.48. The van der Waals surface area contributed by atoms with E-state index in [-0.39, 0.29) is 0 Å². The maximum atomic E-state index is 5.97. The third-order valence-corrected chi connectivity index (χ3v) is 3.55. The second-order valence-corrected chi connectivity index (χ2v) is 5.37. The van der Waals surface area contributed by atoms with Gasteiger partial charge in [0.2, 0.25) is 0 Å². The summed E-state index contributed by atoms with van der Waals surface area (Å²) in [4.78, 5) is 10.4. The maximum Gasteiger partial charge on any atom is 0.121 e. The Kier molecular flexibility index (Phi) is 3.24. The van der Waals surface area contributed by atoms with Crippen LogP contribution in [0.2, 0.25) is 5.02 Å². The van der Waals surface area contributed by atoms with E-state index in [1.54, 1.807) is 0 Å². The summed E-state index contributed by atoms with van der Waals surface area (Å²) in [6, 6.07) is 6.31. The third-order valence-electron chi connectivity index (χ3n) is 3.32. The molecule has 2 N–H and O–H groups in total. The van der Waals surface area contributed by atoms with Crippen molar-refractivity contribution in [2.45, 2.75) is 19.5 Å². The molecule has 96 valence electrons. The van der Waals surface area contributed by atoms with E-state index in [0.29, 0.717) is 6.04 Å². The summed E-state index contributed by atoms with van der Waals surface area (Å²) >= 11 is 5.97. The van der Waals surface area contributed by atoms with Crippen molar-refractivity contribution >= 4 is 22.6 Å². The lowest BCUT2D eigenvalue weighted by molar-refractivity contribution is 0.196. The topological polar surface area (TPSA) is 44.0 Å². The molecule has 1 aliphatic rings. The van der Waals surface area contributed by atoms with Gasteiger partial charge in [-0.05, 0) is 25.1 Å². The van der Waals surface area contributed by atoms with Crippen molar-refractivity contribution in [3.8, 4) is 0 Å². The van der Waals surface area contributed by atoms with Crippen LogP contribution in [-0.4, -0.2) is 40.5 Å². The summed E-state index contributed by atoms with van der Waals surface area (Å²) in [5, 5.41) is 4.19. The standard InChI is InChI=1S/C13H17ClN4/c1-9-7-18(5-4-15-9)8-13-16-11-3-2-10(14)6-12(11)17-13/h2-3,6,9,15H,4-5,7-8H2,1H3,(H,16,17)/t9-/m0/s1. The van der Waals surface area contributed by atoms with Crippen LogP contribution in [0.3, 0.4) is 0 Å². The van der Waals surface area contributed by atoms with Crippen LogP contribution in [0.1, 0.15) is 12.7 Å². The monoisotopic (exact) mass is 264 g/mol. The van der Waals surface area contributed by atoms with Gasteiger partial charge in [0.15, 0.2) is 0 Å². The molecule has 18 heavy (non-hydrogen) atoms. The molecule has 0 saturated carbocycles. The number of piperazine rings is 1. The van der Waals surface area contributed by atoms with Gasteiger partial charge in [0, 0.05) is 30.7 Å². The van der Waals surface area contributed by atoms with Crippen LogP contribution in [-0.2, 0) is 6.54 Å². The first-order valence-electron chi connectivity index (χ1n) is 6.30. The van der Waals surface area contributed by atoms with Gasteiger partial charge in [-0.2, -0.15) is 0 Å². The summed E-state index contributed by atoms with van der Waals surface area (Å²) in [6.45, 7) is 6.27. The zero-order chi connectivity index (χ0) is 12.5. The number of halogens is 1. The molecule has 0 radical (unpaired) electrons. The van der Waals surface area contributed by atoms with E-state index in [9.17, 15) is 0 Å². The number of nitrogens with one attached hydrogen (secondary N) is 2. The number of aromatic amines is 1. The third kappa shape index (κ3) is 2.51. The molecular formula is C13H17ClN4. The molecule has 0 spiro atoms. The Hall–Kier alpha value is -1.10. The molecule has 1 aromatic heterocycles. The largest absolute Gasteiger partial charge is 0.341 e. The van der Waals surface area contributed by atoms with Crippen molar-refractivity contribution < 1.29 is 0 Å². The highest BCUT2D eigenvalue weighted by Crippen LogP contribution is 2.18. The van der Waals surface area contributed by atoms with Gasteiger partial charge in [0.25, 0.3) is 0 Å². The molecule has 4 nitrogen and oxygen atoms in total. The molecule has 0 bridgehead atoms. The second-order valence-electron chi connectivity index (χ2n) is 4.94. The molecule has 5 heteroatoms. The smallest absolute Gasteiger partial charge is 0.121 e. The molecular weight excluding hydrogens is 248 g/mol. The fourth-order valence-electron chi connectivity index (χ4n) is 2.48. The van der Waals surface area contributed by atoms with Crippen molar-refractivity contribution in [2.75, 3.05) is 19.6 Å². The van der Waals surface area contributed by atoms with E-state index < -0.39 is 0 Å². The Morgan fingerprint density at radius 1 is 1.50 bits per heavy atom. The summed E-state index contributed by atoms with van der Waals surface area (Å²) in [5.74, 6) is 1.02. The van der Waals surface area contributed by atoms with Crippen LogP contribution in [0.5, 0.6) is 0 Å². The summed E-state index contributed by atoms with van der Waals surface area (Å²) < 4.78 is 0. The molecule has 2 heterocycles. The Balaban J connectivity index is 1.78. The molecule has 1 saturated heterocycles. The minimum Gasteiger partial charge on any atom is -0.341 e. The number of hydrogen-bond donors (Lipinski definition) is 2. The highest BCUT2D eigenvalue weighted by molar-refractivity contribution is 6.31. The van der Waals surface area contributed by atoms with Crippen molar-refractivity contribution in [1.82, 2.24) is 20.2 Å². The summed E-state index contributed by atoms with van der Waals surface area (Å²) in [7, 11) is 0. The Morgan fingerprint density at radius 3 is 3.22 bits per heavy atom.